The van der Waals surface area contributed by atoms with E-state index < -0.39 is 34.9 Å². The molecule has 8 nitrogen and oxygen atoms in total. The lowest BCUT2D eigenvalue weighted by Gasteiger charge is -2.13. The van der Waals surface area contributed by atoms with Gasteiger partial charge in [-0.1, -0.05) is 35.9 Å². The Balaban J connectivity index is 1.35. The Morgan fingerprint density at radius 1 is 0.974 bits per heavy atom. The lowest BCUT2D eigenvalue weighted by molar-refractivity contribution is -0.167. The molecule has 0 aliphatic rings. The Labute approximate surface area is 222 Å². The first-order valence-electron chi connectivity index (χ1n) is 11.6. The molecule has 1 unspecified atom stereocenters. The summed E-state index contributed by atoms with van der Waals surface area (Å²) in [5.41, 5.74) is 2.71. The SMILES string of the molecule is Cc1ccc(S(=O)(=O)OCC(O)COc2ccc3nc(-c4ccc(NC(=O)C(F)(F)F)cc4)ccc3c2)cc1. The number of hydrogen-bond acceptors (Lipinski definition) is 7. The number of aliphatic hydroxyl groups is 1. The lowest BCUT2D eigenvalue weighted by atomic mass is 10.1. The van der Waals surface area contributed by atoms with Crippen LogP contribution in [0, 0.1) is 6.92 Å². The van der Waals surface area contributed by atoms with Crippen molar-refractivity contribution >= 4 is 32.6 Å². The van der Waals surface area contributed by atoms with Gasteiger partial charge in [-0.05, 0) is 55.5 Å². The van der Waals surface area contributed by atoms with Gasteiger partial charge in [-0.15, -0.1) is 0 Å². The molecule has 204 valence electrons. The third-order valence-corrected chi connectivity index (χ3v) is 6.82. The third-order valence-electron chi connectivity index (χ3n) is 5.52. The van der Waals surface area contributed by atoms with Gasteiger partial charge in [0.25, 0.3) is 10.1 Å². The maximum absolute atomic E-state index is 12.4. The number of carbonyl (C=O) groups is 1. The van der Waals surface area contributed by atoms with E-state index in [2.05, 4.69) is 4.98 Å². The van der Waals surface area contributed by atoms with Crippen molar-refractivity contribution in [1.29, 1.82) is 0 Å². The van der Waals surface area contributed by atoms with Crippen molar-refractivity contribution < 1.29 is 40.4 Å². The largest absolute Gasteiger partial charge is 0.491 e. The highest BCUT2D eigenvalue weighted by atomic mass is 32.2. The molecule has 1 amide bonds. The van der Waals surface area contributed by atoms with Crippen molar-refractivity contribution in [3.8, 4) is 17.0 Å². The molecule has 1 aromatic heterocycles. The molecule has 0 spiro atoms. The zero-order valence-electron chi connectivity index (χ0n) is 20.5. The van der Waals surface area contributed by atoms with Crippen molar-refractivity contribution in [3.63, 3.8) is 0 Å². The number of alkyl halides is 3. The Hall–Kier alpha value is -4.00. The van der Waals surface area contributed by atoms with Crippen LogP contribution in [-0.2, 0) is 19.1 Å². The molecule has 0 saturated heterocycles. The predicted octanol–water partition coefficient (Wildman–Crippen LogP) is 4.86. The zero-order valence-corrected chi connectivity index (χ0v) is 21.3. The highest BCUT2D eigenvalue weighted by molar-refractivity contribution is 7.86. The normalized spacial score (nSPS) is 12.7. The summed E-state index contributed by atoms with van der Waals surface area (Å²) >= 11 is 0. The summed E-state index contributed by atoms with van der Waals surface area (Å²) in [7, 11) is -4.01. The van der Waals surface area contributed by atoms with Crippen LogP contribution in [0.15, 0.2) is 83.8 Å². The van der Waals surface area contributed by atoms with Gasteiger partial charge >= 0.3 is 12.1 Å². The number of amides is 1. The van der Waals surface area contributed by atoms with Crippen LogP contribution in [0.25, 0.3) is 22.2 Å². The maximum Gasteiger partial charge on any atom is 0.471 e. The molecular weight excluding hydrogens is 537 g/mol. The van der Waals surface area contributed by atoms with Crippen molar-refractivity contribution in [3.05, 3.63) is 84.4 Å². The molecule has 0 fully saturated rings. The van der Waals surface area contributed by atoms with Crippen LogP contribution in [-0.4, -0.2) is 49.9 Å². The minimum Gasteiger partial charge on any atom is -0.491 e. The van der Waals surface area contributed by atoms with E-state index in [-0.39, 0.29) is 17.2 Å². The van der Waals surface area contributed by atoms with Gasteiger partial charge in [-0.3, -0.25) is 8.98 Å². The summed E-state index contributed by atoms with van der Waals surface area (Å²) in [5.74, 6) is -1.63. The van der Waals surface area contributed by atoms with Gasteiger partial charge in [-0.2, -0.15) is 21.6 Å². The van der Waals surface area contributed by atoms with Crippen molar-refractivity contribution in [2.24, 2.45) is 0 Å². The molecule has 39 heavy (non-hydrogen) atoms. The van der Waals surface area contributed by atoms with Crippen LogP contribution < -0.4 is 10.1 Å². The third kappa shape index (κ3) is 7.31. The lowest BCUT2D eigenvalue weighted by Crippen LogP contribution is -2.29. The molecule has 4 aromatic rings. The average Bonchev–Trinajstić information content (AvgIpc) is 2.90. The van der Waals surface area contributed by atoms with Crippen LogP contribution in [0.4, 0.5) is 18.9 Å². The minimum atomic E-state index is -4.98. The number of ether oxygens (including phenoxy) is 1. The standard InChI is InChI=1S/C27H23F3N2O6S/c1-17-2-10-23(11-3-17)39(35,36)38-16-21(33)15-37-22-9-13-25-19(14-22)6-12-24(32-25)18-4-7-20(8-5-18)31-26(34)27(28,29)30/h2-14,21,33H,15-16H2,1H3,(H,31,34). The number of aromatic nitrogens is 1. The van der Waals surface area contributed by atoms with Crippen molar-refractivity contribution in [2.75, 3.05) is 18.5 Å². The summed E-state index contributed by atoms with van der Waals surface area (Å²) in [4.78, 5) is 15.6. The van der Waals surface area contributed by atoms with Crippen LogP contribution >= 0.6 is 0 Å². The first-order valence-corrected chi connectivity index (χ1v) is 13.0. The molecule has 1 heterocycles. The molecule has 0 saturated carbocycles. The van der Waals surface area contributed by atoms with Crippen molar-refractivity contribution in [2.45, 2.75) is 24.1 Å². The highest BCUT2D eigenvalue weighted by Crippen LogP contribution is 2.26. The molecule has 12 heteroatoms. The van der Waals surface area contributed by atoms with Crippen LogP contribution in [0.5, 0.6) is 5.75 Å². The molecule has 3 aromatic carbocycles. The number of nitrogens with zero attached hydrogens (tertiary/aromatic N) is 1. The molecule has 0 aliphatic carbocycles. The smallest absolute Gasteiger partial charge is 0.471 e. The number of benzene rings is 3. The van der Waals surface area contributed by atoms with E-state index in [1.165, 1.54) is 24.3 Å². The van der Waals surface area contributed by atoms with E-state index in [0.717, 1.165) is 10.9 Å². The van der Waals surface area contributed by atoms with Gasteiger partial charge in [-0.25, -0.2) is 4.98 Å². The van der Waals surface area contributed by atoms with Crippen molar-refractivity contribution in [1.82, 2.24) is 4.98 Å². The number of fused-ring (bicyclic) bond motifs is 1. The fraction of sp³-hybridized carbons (Fsp3) is 0.185. The van der Waals surface area contributed by atoms with Gasteiger partial charge < -0.3 is 15.2 Å². The number of halogens is 3. The molecule has 0 bridgehead atoms. The van der Waals surface area contributed by atoms with Crippen LogP contribution in [0.2, 0.25) is 0 Å². The second kappa shape index (κ2) is 11.4. The maximum atomic E-state index is 12.4. The molecule has 1 atom stereocenters. The highest BCUT2D eigenvalue weighted by Gasteiger charge is 2.38. The molecular formula is C27H23F3N2O6S. The fourth-order valence-electron chi connectivity index (χ4n) is 3.46. The summed E-state index contributed by atoms with van der Waals surface area (Å²) in [5, 5.41) is 12.6. The minimum absolute atomic E-state index is 0.00370. The molecule has 4 rings (SSSR count). The number of pyridine rings is 1. The van der Waals surface area contributed by atoms with Gasteiger partial charge in [0.2, 0.25) is 0 Å². The zero-order chi connectivity index (χ0) is 28.2. The second-order valence-electron chi connectivity index (χ2n) is 8.60. The topological polar surface area (TPSA) is 115 Å². The van der Waals surface area contributed by atoms with E-state index in [1.54, 1.807) is 59.9 Å². The van der Waals surface area contributed by atoms with E-state index in [4.69, 9.17) is 8.92 Å². The molecule has 0 aliphatic heterocycles. The predicted molar refractivity (Wildman–Crippen MR) is 138 cm³/mol. The Morgan fingerprint density at radius 3 is 2.33 bits per heavy atom. The number of aryl methyl sites for hydroxylation is 1. The second-order valence-corrected chi connectivity index (χ2v) is 10.2. The first-order chi connectivity index (χ1) is 18.4. The van der Waals surface area contributed by atoms with E-state index in [9.17, 15) is 31.5 Å². The van der Waals surface area contributed by atoms with E-state index in [0.29, 0.717) is 22.5 Å². The van der Waals surface area contributed by atoms with Gasteiger partial charge in [0.15, 0.2) is 0 Å². The first kappa shape index (κ1) is 28.0. The number of anilines is 1. The molecule has 2 N–H and O–H groups in total. The van der Waals surface area contributed by atoms with Crippen LogP contribution in [0.3, 0.4) is 0 Å². The Morgan fingerprint density at radius 2 is 1.67 bits per heavy atom. The average molecular weight is 561 g/mol. The quantitative estimate of drug-likeness (QED) is 0.281. The number of rotatable bonds is 9. The summed E-state index contributed by atoms with van der Waals surface area (Å²) in [6, 6.07) is 20.4. The molecule has 0 radical (unpaired) electrons. The summed E-state index contributed by atoms with van der Waals surface area (Å²) < 4.78 is 72.3. The van der Waals surface area contributed by atoms with Gasteiger partial charge in [0.05, 0.1) is 22.7 Å². The number of aliphatic hydroxyl groups excluding tert-OH is 1. The number of hydrogen-bond donors (Lipinski definition) is 2. The van der Waals surface area contributed by atoms with Gasteiger partial charge in [0.1, 0.15) is 18.5 Å². The number of carbonyl (C=O) groups excluding carboxylic acids is 1. The monoisotopic (exact) mass is 560 g/mol. The number of nitrogens with one attached hydrogen (secondary N) is 1. The Kier molecular flexibility index (Phi) is 8.19. The fourth-order valence-corrected chi connectivity index (χ4v) is 4.40. The Bertz CT molecular complexity index is 1570. The van der Waals surface area contributed by atoms with E-state index in [1.807, 2.05) is 6.92 Å². The van der Waals surface area contributed by atoms with Gasteiger partial charge in [0, 0.05) is 16.6 Å². The summed E-state index contributed by atoms with van der Waals surface area (Å²) in [6.45, 7) is 1.14. The van der Waals surface area contributed by atoms with E-state index >= 15 is 0 Å². The van der Waals surface area contributed by atoms with Crippen LogP contribution in [0.1, 0.15) is 5.56 Å². The summed E-state index contributed by atoms with van der Waals surface area (Å²) in [6.07, 6.45) is -6.18.